The Hall–Kier alpha value is -1.91. The molecule has 1 aliphatic carbocycles. The minimum absolute atomic E-state index is 0.0107. The zero-order valence-electron chi connectivity index (χ0n) is 17.6. The van der Waals surface area contributed by atoms with Crippen LogP contribution in [0, 0.1) is 17.2 Å². The van der Waals surface area contributed by atoms with Gasteiger partial charge in [0.15, 0.2) is 0 Å². The first-order chi connectivity index (χ1) is 14.0. The molecule has 2 heterocycles. The van der Waals surface area contributed by atoms with Gasteiger partial charge in [-0.3, -0.25) is 14.5 Å². The van der Waals surface area contributed by atoms with E-state index in [0.717, 1.165) is 57.1 Å². The van der Waals surface area contributed by atoms with Crippen molar-refractivity contribution >= 4 is 28.2 Å². The summed E-state index contributed by atoms with van der Waals surface area (Å²) < 4.78 is 0. The number of hydrogen-bond donors (Lipinski definition) is 2. The van der Waals surface area contributed by atoms with E-state index >= 15 is 0 Å². The summed E-state index contributed by atoms with van der Waals surface area (Å²) in [6, 6.07) is 2.65. The highest BCUT2D eigenvalue weighted by atomic mass is 32.1. The quantitative estimate of drug-likeness (QED) is 0.636. The van der Waals surface area contributed by atoms with Gasteiger partial charge < -0.3 is 10.6 Å². The topological polar surface area (TPSA) is 85.2 Å². The Bertz CT molecular complexity index is 783. The lowest BCUT2D eigenvalue weighted by atomic mass is 9.92. The summed E-state index contributed by atoms with van der Waals surface area (Å²) in [6.07, 6.45) is 7.40. The van der Waals surface area contributed by atoms with Crippen LogP contribution in [0.2, 0.25) is 0 Å². The molecule has 2 unspecified atom stereocenters. The molecule has 7 heteroatoms. The molecule has 2 amide bonds. The standard InChI is InChI=1S/C22H32N4O2S/c1-3-4-11-24-21(28)16-9-8-15(2)26(14-16)12-10-20(27)25-22-18(13-23)17-6-5-7-19(17)29-22/h15-16H,3-12,14H2,1-2H3,(H,24,28)(H,25,27). The Morgan fingerprint density at radius 2 is 2.14 bits per heavy atom. The van der Waals surface area contributed by atoms with E-state index < -0.39 is 0 Å². The van der Waals surface area contributed by atoms with Crippen LogP contribution in [0.25, 0.3) is 0 Å². The number of rotatable bonds is 8. The van der Waals surface area contributed by atoms with Crippen LogP contribution in [-0.4, -0.2) is 42.4 Å². The molecule has 2 N–H and O–H groups in total. The van der Waals surface area contributed by atoms with Crippen LogP contribution in [0.5, 0.6) is 0 Å². The zero-order chi connectivity index (χ0) is 20.8. The lowest BCUT2D eigenvalue weighted by Crippen LogP contribution is -2.47. The van der Waals surface area contributed by atoms with E-state index in [1.165, 1.54) is 4.88 Å². The molecule has 0 spiro atoms. The maximum Gasteiger partial charge on any atom is 0.226 e. The molecule has 158 valence electrons. The van der Waals surface area contributed by atoms with Crippen LogP contribution >= 0.6 is 11.3 Å². The van der Waals surface area contributed by atoms with Gasteiger partial charge in [0, 0.05) is 37.0 Å². The van der Waals surface area contributed by atoms with Gasteiger partial charge in [-0.2, -0.15) is 5.26 Å². The molecule has 0 bridgehead atoms. The summed E-state index contributed by atoms with van der Waals surface area (Å²) >= 11 is 1.56. The fourth-order valence-electron chi connectivity index (χ4n) is 4.28. The van der Waals surface area contributed by atoms with E-state index in [0.29, 0.717) is 36.1 Å². The average Bonchev–Trinajstić information content (AvgIpc) is 3.28. The van der Waals surface area contributed by atoms with E-state index in [9.17, 15) is 14.9 Å². The van der Waals surface area contributed by atoms with Crippen molar-refractivity contribution in [2.75, 3.05) is 25.0 Å². The number of carbonyl (C=O) groups excluding carboxylic acids is 2. The molecule has 1 aromatic rings. The van der Waals surface area contributed by atoms with E-state index in [1.54, 1.807) is 11.3 Å². The van der Waals surface area contributed by atoms with Gasteiger partial charge in [0.2, 0.25) is 11.8 Å². The van der Waals surface area contributed by atoms with E-state index in [1.807, 2.05) is 0 Å². The SMILES string of the molecule is CCCCNC(=O)C1CCC(C)N(CCC(=O)Nc2sc3c(c2C#N)CCC3)C1. The van der Waals surface area contributed by atoms with Gasteiger partial charge in [-0.05, 0) is 51.0 Å². The number of nitriles is 1. The molecule has 29 heavy (non-hydrogen) atoms. The van der Waals surface area contributed by atoms with Crippen molar-refractivity contribution in [2.24, 2.45) is 5.92 Å². The maximum absolute atomic E-state index is 12.5. The molecule has 2 atom stereocenters. The van der Waals surface area contributed by atoms with Crippen molar-refractivity contribution in [3.05, 3.63) is 16.0 Å². The fraction of sp³-hybridized carbons (Fsp3) is 0.682. The highest BCUT2D eigenvalue weighted by Crippen LogP contribution is 2.38. The van der Waals surface area contributed by atoms with Gasteiger partial charge >= 0.3 is 0 Å². The first-order valence-corrected chi connectivity index (χ1v) is 11.7. The number of thiophene rings is 1. The minimum atomic E-state index is -0.0526. The van der Waals surface area contributed by atoms with Crippen LogP contribution in [0.4, 0.5) is 5.00 Å². The maximum atomic E-state index is 12.5. The fourth-order valence-corrected chi connectivity index (χ4v) is 5.54. The molecule has 2 aliphatic rings. The zero-order valence-corrected chi connectivity index (χ0v) is 18.4. The molecular weight excluding hydrogens is 384 g/mol. The summed E-state index contributed by atoms with van der Waals surface area (Å²) in [6.45, 7) is 6.38. The number of amides is 2. The number of hydrogen-bond acceptors (Lipinski definition) is 5. The smallest absolute Gasteiger partial charge is 0.226 e. The molecule has 1 aliphatic heterocycles. The Labute approximate surface area is 177 Å². The number of carbonyl (C=O) groups is 2. The molecule has 0 radical (unpaired) electrons. The normalized spacial score (nSPS) is 21.4. The third-order valence-corrected chi connectivity index (χ3v) is 7.33. The molecule has 1 fully saturated rings. The van der Waals surface area contributed by atoms with Gasteiger partial charge in [-0.15, -0.1) is 11.3 Å². The van der Waals surface area contributed by atoms with Crippen LogP contribution in [-0.2, 0) is 22.4 Å². The Balaban J connectivity index is 1.50. The summed E-state index contributed by atoms with van der Waals surface area (Å²) in [5, 5.41) is 16.2. The Morgan fingerprint density at radius 1 is 1.31 bits per heavy atom. The number of fused-ring (bicyclic) bond motifs is 1. The van der Waals surface area contributed by atoms with Crippen molar-refractivity contribution in [2.45, 2.75) is 71.3 Å². The third-order valence-electron chi connectivity index (χ3n) is 6.12. The van der Waals surface area contributed by atoms with Gasteiger partial charge in [0.25, 0.3) is 0 Å². The van der Waals surface area contributed by atoms with E-state index in [4.69, 9.17) is 0 Å². The lowest BCUT2D eigenvalue weighted by Gasteiger charge is -2.37. The number of nitrogens with zero attached hydrogens (tertiary/aromatic N) is 2. The van der Waals surface area contributed by atoms with E-state index in [-0.39, 0.29) is 17.7 Å². The van der Waals surface area contributed by atoms with Crippen LogP contribution in [0.1, 0.15) is 68.4 Å². The minimum Gasteiger partial charge on any atom is -0.356 e. The second-order valence-corrected chi connectivity index (χ2v) is 9.34. The summed E-state index contributed by atoms with van der Waals surface area (Å²) in [5.74, 6) is 0.103. The van der Waals surface area contributed by atoms with Gasteiger partial charge in [0.05, 0.1) is 11.5 Å². The summed E-state index contributed by atoms with van der Waals surface area (Å²) in [7, 11) is 0. The van der Waals surface area contributed by atoms with Gasteiger partial charge in [-0.1, -0.05) is 13.3 Å². The van der Waals surface area contributed by atoms with Crippen molar-refractivity contribution < 1.29 is 9.59 Å². The third kappa shape index (κ3) is 5.37. The number of piperidine rings is 1. The Morgan fingerprint density at radius 3 is 2.90 bits per heavy atom. The molecule has 6 nitrogen and oxygen atoms in total. The van der Waals surface area contributed by atoms with Crippen molar-refractivity contribution in [1.82, 2.24) is 10.2 Å². The van der Waals surface area contributed by atoms with Gasteiger partial charge in [0.1, 0.15) is 11.1 Å². The molecular formula is C22H32N4O2S. The first kappa shape index (κ1) is 21.8. The van der Waals surface area contributed by atoms with Gasteiger partial charge in [-0.25, -0.2) is 0 Å². The molecule has 0 aromatic carbocycles. The Kier molecular flexibility index (Phi) is 7.68. The van der Waals surface area contributed by atoms with Crippen molar-refractivity contribution in [1.29, 1.82) is 5.26 Å². The number of aryl methyl sites for hydroxylation is 1. The highest BCUT2D eigenvalue weighted by Gasteiger charge is 2.30. The lowest BCUT2D eigenvalue weighted by molar-refractivity contribution is -0.127. The van der Waals surface area contributed by atoms with Crippen LogP contribution < -0.4 is 10.6 Å². The number of anilines is 1. The van der Waals surface area contributed by atoms with E-state index in [2.05, 4.69) is 35.5 Å². The number of nitrogens with one attached hydrogen (secondary N) is 2. The number of unbranched alkanes of at least 4 members (excludes halogenated alkanes) is 1. The summed E-state index contributed by atoms with van der Waals surface area (Å²) in [5.41, 5.74) is 1.79. The largest absolute Gasteiger partial charge is 0.356 e. The predicted molar refractivity (Wildman–Crippen MR) is 116 cm³/mol. The van der Waals surface area contributed by atoms with Crippen molar-refractivity contribution in [3.8, 4) is 6.07 Å². The molecule has 1 saturated heterocycles. The number of likely N-dealkylation sites (tertiary alicyclic amines) is 1. The monoisotopic (exact) mass is 416 g/mol. The van der Waals surface area contributed by atoms with Crippen LogP contribution in [0.3, 0.4) is 0 Å². The highest BCUT2D eigenvalue weighted by molar-refractivity contribution is 7.16. The van der Waals surface area contributed by atoms with Crippen LogP contribution in [0.15, 0.2) is 0 Å². The molecule has 3 rings (SSSR count). The average molecular weight is 417 g/mol. The van der Waals surface area contributed by atoms with Crippen molar-refractivity contribution in [3.63, 3.8) is 0 Å². The molecule has 1 aromatic heterocycles. The first-order valence-electron chi connectivity index (χ1n) is 10.9. The second kappa shape index (κ2) is 10.2. The summed E-state index contributed by atoms with van der Waals surface area (Å²) in [4.78, 5) is 28.4. The molecule has 0 saturated carbocycles. The second-order valence-electron chi connectivity index (χ2n) is 8.23. The predicted octanol–water partition coefficient (Wildman–Crippen LogP) is 3.45.